The first-order valence-electron chi connectivity index (χ1n) is 9.02. The summed E-state index contributed by atoms with van der Waals surface area (Å²) in [6, 6.07) is 3.85. The van der Waals surface area contributed by atoms with E-state index in [2.05, 4.69) is 4.90 Å². The minimum Gasteiger partial charge on any atom is -0.490 e. The van der Waals surface area contributed by atoms with E-state index in [1.54, 1.807) is 0 Å². The van der Waals surface area contributed by atoms with Crippen molar-refractivity contribution in [2.75, 3.05) is 19.8 Å². The van der Waals surface area contributed by atoms with Crippen LogP contribution in [0.15, 0.2) is 12.1 Å². The maximum absolute atomic E-state index is 11.4. The number of rotatable bonds is 8. The molecule has 0 spiro atoms. The fourth-order valence-corrected chi connectivity index (χ4v) is 3.61. The molecule has 1 aliphatic heterocycles. The van der Waals surface area contributed by atoms with Crippen LogP contribution in [0, 0.1) is 5.92 Å². The molecule has 5 nitrogen and oxygen atoms in total. The van der Waals surface area contributed by atoms with E-state index in [0.717, 1.165) is 31.4 Å². The van der Waals surface area contributed by atoms with Crippen LogP contribution in [0.4, 0.5) is 0 Å². The van der Waals surface area contributed by atoms with Crippen molar-refractivity contribution in [1.29, 1.82) is 0 Å². The molecule has 0 aromatic heterocycles. The molecule has 1 aromatic rings. The lowest BCUT2D eigenvalue weighted by atomic mass is 9.90. The normalized spacial score (nSPS) is 21.1. The van der Waals surface area contributed by atoms with Crippen LogP contribution >= 0.6 is 11.6 Å². The zero-order valence-corrected chi connectivity index (χ0v) is 16.0. The fraction of sp³-hybridized carbons (Fsp3) is 0.632. The highest BCUT2D eigenvalue weighted by molar-refractivity contribution is 6.32. The molecule has 0 amide bonds. The first-order valence-corrected chi connectivity index (χ1v) is 9.40. The summed E-state index contributed by atoms with van der Waals surface area (Å²) in [5, 5.41) is 9.92. The largest absolute Gasteiger partial charge is 0.490 e. The molecule has 2 rings (SSSR count). The Morgan fingerprint density at radius 2 is 2.12 bits per heavy atom. The van der Waals surface area contributed by atoms with E-state index in [1.807, 2.05) is 32.9 Å². The highest BCUT2D eigenvalue weighted by Gasteiger charge is 2.32. The van der Waals surface area contributed by atoms with Gasteiger partial charge in [0, 0.05) is 12.6 Å². The lowest BCUT2D eigenvalue weighted by molar-refractivity contribution is -0.145. The van der Waals surface area contributed by atoms with Crippen LogP contribution in [0.3, 0.4) is 0 Å². The molecule has 1 saturated heterocycles. The van der Waals surface area contributed by atoms with Gasteiger partial charge in [0.1, 0.15) is 0 Å². The predicted molar refractivity (Wildman–Crippen MR) is 98.6 cm³/mol. The third-order valence-corrected chi connectivity index (χ3v) is 4.92. The van der Waals surface area contributed by atoms with Crippen LogP contribution in [-0.2, 0) is 11.3 Å². The molecule has 1 fully saturated rings. The van der Waals surface area contributed by atoms with Gasteiger partial charge in [-0.2, -0.15) is 0 Å². The Morgan fingerprint density at radius 3 is 2.76 bits per heavy atom. The minimum absolute atomic E-state index is 0.00316. The SMILES string of the molecule is CCCOc1c(Cl)cc(CN2CCC[C@H](C(=O)O)[C@@H]2C)cc1OCC. The lowest BCUT2D eigenvalue weighted by Crippen LogP contribution is -2.45. The Kier molecular flexibility index (Phi) is 7.38. The third kappa shape index (κ3) is 5.02. The van der Waals surface area contributed by atoms with Crippen molar-refractivity contribution in [2.45, 2.75) is 52.6 Å². The van der Waals surface area contributed by atoms with Crippen molar-refractivity contribution < 1.29 is 19.4 Å². The fourth-order valence-electron chi connectivity index (χ4n) is 3.32. The van der Waals surface area contributed by atoms with E-state index in [-0.39, 0.29) is 12.0 Å². The molecule has 25 heavy (non-hydrogen) atoms. The van der Waals surface area contributed by atoms with Crippen molar-refractivity contribution in [1.82, 2.24) is 4.90 Å². The Hall–Kier alpha value is -1.46. The molecule has 1 heterocycles. The van der Waals surface area contributed by atoms with Gasteiger partial charge < -0.3 is 14.6 Å². The maximum Gasteiger partial charge on any atom is 0.308 e. The molecule has 0 saturated carbocycles. The number of aliphatic carboxylic acids is 1. The molecule has 1 aromatic carbocycles. The van der Waals surface area contributed by atoms with Gasteiger partial charge in [-0.15, -0.1) is 0 Å². The van der Waals surface area contributed by atoms with Crippen molar-refractivity contribution in [3.05, 3.63) is 22.7 Å². The van der Waals surface area contributed by atoms with E-state index < -0.39 is 5.97 Å². The van der Waals surface area contributed by atoms with Gasteiger partial charge in [0.05, 0.1) is 24.2 Å². The smallest absolute Gasteiger partial charge is 0.308 e. The summed E-state index contributed by atoms with van der Waals surface area (Å²) in [5.74, 6) is 0.207. The van der Waals surface area contributed by atoms with Crippen LogP contribution in [0.25, 0.3) is 0 Å². The zero-order valence-electron chi connectivity index (χ0n) is 15.3. The van der Waals surface area contributed by atoms with Crippen molar-refractivity contribution in [3.8, 4) is 11.5 Å². The second-order valence-corrected chi connectivity index (χ2v) is 6.89. The van der Waals surface area contributed by atoms with Crippen LogP contribution in [0.1, 0.15) is 45.6 Å². The van der Waals surface area contributed by atoms with E-state index in [9.17, 15) is 9.90 Å². The quantitative estimate of drug-likeness (QED) is 0.743. The summed E-state index contributed by atoms with van der Waals surface area (Å²) < 4.78 is 11.4. The summed E-state index contributed by atoms with van der Waals surface area (Å²) in [5.41, 5.74) is 1.01. The Morgan fingerprint density at radius 1 is 1.36 bits per heavy atom. The van der Waals surface area contributed by atoms with E-state index in [0.29, 0.717) is 36.3 Å². The van der Waals surface area contributed by atoms with E-state index in [1.165, 1.54) is 0 Å². The average Bonchev–Trinajstić information content (AvgIpc) is 2.56. The molecule has 140 valence electrons. The van der Waals surface area contributed by atoms with Crippen LogP contribution in [0.5, 0.6) is 11.5 Å². The number of carboxylic acid groups (broad SMARTS) is 1. The molecular formula is C19H28ClNO4. The summed E-state index contributed by atoms with van der Waals surface area (Å²) in [6.45, 7) is 8.61. The van der Waals surface area contributed by atoms with Gasteiger partial charge in [0.25, 0.3) is 0 Å². The van der Waals surface area contributed by atoms with Crippen molar-refractivity contribution in [3.63, 3.8) is 0 Å². The molecular weight excluding hydrogens is 342 g/mol. The maximum atomic E-state index is 11.4. The summed E-state index contributed by atoms with van der Waals surface area (Å²) in [4.78, 5) is 13.6. The number of carboxylic acids is 1. The summed E-state index contributed by atoms with van der Waals surface area (Å²) in [7, 11) is 0. The minimum atomic E-state index is -0.714. The summed E-state index contributed by atoms with van der Waals surface area (Å²) >= 11 is 6.42. The van der Waals surface area contributed by atoms with Gasteiger partial charge in [-0.25, -0.2) is 0 Å². The number of likely N-dealkylation sites (tertiary alicyclic amines) is 1. The number of hydrogen-bond acceptors (Lipinski definition) is 4. The molecule has 0 unspecified atom stereocenters. The topological polar surface area (TPSA) is 59.0 Å². The van der Waals surface area contributed by atoms with Crippen LogP contribution in [0.2, 0.25) is 5.02 Å². The number of hydrogen-bond donors (Lipinski definition) is 1. The number of nitrogens with zero attached hydrogens (tertiary/aromatic N) is 1. The molecule has 0 aliphatic carbocycles. The lowest BCUT2D eigenvalue weighted by Gasteiger charge is -2.37. The molecule has 6 heteroatoms. The second kappa shape index (κ2) is 9.30. The first kappa shape index (κ1) is 19.9. The number of halogens is 1. The van der Waals surface area contributed by atoms with Crippen LogP contribution in [-0.4, -0.2) is 41.8 Å². The van der Waals surface area contributed by atoms with Crippen LogP contribution < -0.4 is 9.47 Å². The van der Waals surface area contributed by atoms with E-state index in [4.69, 9.17) is 21.1 Å². The standard InChI is InChI=1S/C19H28ClNO4/c1-4-9-25-18-16(20)10-14(11-17(18)24-5-2)12-21-8-6-7-15(13(21)3)19(22)23/h10-11,13,15H,4-9,12H2,1-3H3,(H,22,23)/t13-,15-/m0/s1. The Bertz CT molecular complexity index is 593. The predicted octanol–water partition coefficient (Wildman–Crippen LogP) is 4.21. The third-order valence-electron chi connectivity index (χ3n) is 4.64. The number of benzene rings is 1. The Labute approximate surface area is 154 Å². The Balaban J connectivity index is 2.19. The highest BCUT2D eigenvalue weighted by Crippen LogP contribution is 2.37. The number of carbonyl (C=O) groups is 1. The molecule has 0 radical (unpaired) electrons. The highest BCUT2D eigenvalue weighted by atomic mass is 35.5. The number of ether oxygens (including phenoxy) is 2. The zero-order chi connectivity index (χ0) is 18.4. The van der Waals surface area contributed by atoms with Gasteiger partial charge in [-0.1, -0.05) is 18.5 Å². The first-order chi connectivity index (χ1) is 12.0. The number of piperidine rings is 1. The van der Waals surface area contributed by atoms with Gasteiger partial charge >= 0.3 is 5.97 Å². The van der Waals surface area contributed by atoms with Crippen molar-refractivity contribution in [2.24, 2.45) is 5.92 Å². The summed E-state index contributed by atoms with van der Waals surface area (Å²) in [6.07, 6.45) is 2.53. The molecule has 2 atom stereocenters. The van der Waals surface area contributed by atoms with E-state index >= 15 is 0 Å². The van der Waals surface area contributed by atoms with Gasteiger partial charge in [-0.05, 0) is 57.4 Å². The monoisotopic (exact) mass is 369 g/mol. The molecule has 0 bridgehead atoms. The van der Waals surface area contributed by atoms with Gasteiger partial charge in [0.15, 0.2) is 11.5 Å². The molecule has 1 aliphatic rings. The van der Waals surface area contributed by atoms with Crippen molar-refractivity contribution >= 4 is 17.6 Å². The average molecular weight is 370 g/mol. The molecule has 1 N–H and O–H groups in total. The second-order valence-electron chi connectivity index (χ2n) is 6.48. The van der Waals surface area contributed by atoms with Gasteiger partial charge in [-0.3, -0.25) is 9.69 Å². The van der Waals surface area contributed by atoms with Gasteiger partial charge in [0.2, 0.25) is 0 Å².